The van der Waals surface area contributed by atoms with Crippen LogP contribution < -0.4 is 14.8 Å². The Kier molecular flexibility index (Phi) is 3.26. The van der Waals surface area contributed by atoms with Crippen molar-refractivity contribution in [3.8, 4) is 11.5 Å². The van der Waals surface area contributed by atoms with E-state index in [4.69, 9.17) is 9.47 Å². The molecule has 1 unspecified atom stereocenters. The molecule has 2 aromatic rings. The maximum Gasteiger partial charge on any atom is 0.163 e. The van der Waals surface area contributed by atoms with Crippen LogP contribution in [-0.2, 0) is 7.05 Å². The van der Waals surface area contributed by atoms with Crippen molar-refractivity contribution in [1.29, 1.82) is 0 Å². The second-order valence-electron chi connectivity index (χ2n) is 5.07. The van der Waals surface area contributed by atoms with Gasteiger partial charge in [-0.25, -0.2) is 0 Å². The fraction of sp³-hybridized carbons (Fsp3) is 0.400. The minimum atomic E-state index is 0.186. The Morgan fingerprint density at radius 1 is 1.25 bits per heavy atom. The molecule has 0 aliphatic carbocycles. The molecule has 0 saturated carbocycles. The third-order valence-electron chi connectivity index (χ3n) is 3.44. The quantitative estimate of drug-likeness (QED) is 0.934. The van der Waals surface area contributed by atoms with E-state index in [1.54, 1.807) is 0 Å². The molecule has 5 nitrogen and oxygen atoms in total. The van der Waals surface area contributed by atoms with E-state index in [1.165, 1.54) is 5.56 Å². The molecule has 5 heteroatoms. The van der Waals surface area contributed by atoms with Crippen molar-refractivity contribution in [2.45, 2.75) is 19.9 Å². The van der Waals surface area contributed by atoms with Gasteiger partial charge in [-0.15, -0.1) is 0 Å². The van der Waals surface area contributed by atoms with Crippen LogP contribution in [0.4, 0.5) is 5.69 Å². The summed E-state index contributed by atoms with van der Waals surface area (Å²) in [5.41, 5.74) is 3.26. The number of fused-ring (bicyclic) bond motifs is 1. The van der Waals surface area contributed by atoms with E-state index < -0.39 is 0 Å². The number of hydrogen-bond acceptors (Lipinski definition) is 4. The summed E-state index contributed by atoms with van der Waals surface area (Å²) in [7, 11) is 1.94. The molecule has 1 aromatic heterocycles. The highest BCUT2D eigenvalue weighted by atomic mass is 16.6. The normalized spacial score (nSPS) is 14.9. The Hall–Kier alpha value is -2.17. The summed E-state index contributed by atoms with van der Waals surface area (Å²) in [5.74, 6) is 1.61. The Morgan fingerprint density at radius 2 is 2.00 bits per heavy atom. The third-order valence-corrected chi connectivity index (χ3v) is 3.44. The van der Waals surface area contributed by atoms with Crippen LogP contribution in [0.3, 0.4) is 0 Å². The second kappa shape index (κ2) is 5.07. The van der Waals surface area contributed by atoms with Gasteiger partial charge in [0.15, 0.2) is 11.5 Å². The lowest BCUT2D eigenvalue weighted by atomic mass is 10.1. The Morgan fingerprint density at radius 3 is 2.70 bits per heavy atom. The number of benzene rings is 1. The molecule has 1 aromatic carbocycles. The third kappa shape index (κ3) is 2.43. The molecule has 1 atom stereocenters. The monoisotopic (exact) mass is 273 g/mol. The lowest BCUT2D eigenvalue weighted by Crippen LogP contribution is -2.15. The highest BCUT2D eigenvalue weighted by molar-refractivity contribution is 5.56. The average Bonchev–Trinajstić information content (AvgIpc) is 2.78. The number of anilines is 1. The van der Waals surface area contributed by atoms with Gasteiger partial charge in [0, 0.05) is 30.6 Å². The predicted octanol–water partition coefficient (Wildman–Crippen LogP) is 2.67. The van der Waals surface area contributed by atoms with Gasteiger partial charge in [-0.1, -0.05) is 0 Å². The minimum Gasteiger partial charge on any atom is -0.486 e. The first kappa shape index (κ1) is 12.8. The number of nitrogens with zero attached hydrogens (tertiary/aromatic N) is 2. The molecule has 1 aliphatic rings. The number of nitrogens with one attached hydrogen (secondary N) is 1. The van der Waals surface area contributed by atoms with E-state index >= 15 is 0 Å². The van der Waals surface area contributed by atoms with Crippen LogP contribution in [0.2, 0.25) is 0 Å². The van der Waals surface area contributed by atoms with Crippen molar-refractivity contribution in [1.82, 2.24) is 9.78 Å². The van der Waals surface area contributed by atoms with Gasteiger partial charge in [-0.3, -0.25) is 4.68 Å². The Bertz CT molecular complexity index is 622. The molecule has 0 fully saturated rings. The zero-order chi connectivity index (χ0) is 14.1. The number of hydrogen-bond donors (Lipinski definition) is 1. The van der Waals surface area contributed by atoms with Crippen LogP contribution in [0.25, 0.3) is 0 Å². The molecule has 1 aliphatic heterocycles. The van der Waals surface area contributed by atoms with Gasteiger partial charge in [-0.2, -0.15) is 5.10 Å². The van der Waals surface area contributed by atoms with Crippen LogP contribution in [0, 0.1) is 6.92 Å². The van der Waals surface area contributed by atoms with E-state index in [0.29, 0.717) is 13.2 Å². The van der Waals surface area contributed by atoms with Gasteiger partial charge in [-0.05, 0) is 26.0 Å². The molecule has 106 valence electrons. The number of ether oxygens (including phenoxy) is 2. The van der Waals surface area contributed by atoms with E-state index in [9.17, 15) is 0 Å². The number of aryl methyl sites for hydroxylation is 2. The van der Waals surface area contributed by atoms with E-state index in [2.05, 4.69) is 17.3 Å². The van der Waals surface area contributed by atoms with Gasteiger partial charge in [0.05, 0.1) is 11.7 Å². The largest absolute Gasteiger partial charge is 0.486 e. The molecule has 0 radical (unpaired) electrons. The van der Waals surface area contributed by atoms with Gasteiger partial charge in [0.1, 0.15) is 13.2 Å². The molecular weight excluding hydrogens is 254 g/mol. The number of rotatable bonds is 3. The zero-order valence-corrected chi connectivity index (χ0v) is 12.0. The van der Waals surface area contributed by atoms with Crippen molar-refractivity contribution in [3.63, 3.8) is 0 Å². The highest BCUT2D eigenvalue weighted by Gasteiger charge is 2.15. The fourth-order valence-corrected chi connectivity index (χ4v) is 2.50. The van der Waals surface area contributed by atoms with E-state index in [1.807, 2.05) is 43.0 Å². The summed E-state index contributed by atoms with van der Waals surface area (Å²) in [6.45, 7) is 5.37. The Balaban J connectivity index is 1.79. The first-order chi connectivity index (χ1) is 9.63. The van der Waals surface area contributed by atoms with Crippen LogP contribution in [0.5, 0.6) is 11.5 Å². The zero-order valence-electron chi connectivity index (χ0n) is 12.0. The molecule has 0 bridgehead atoms. The Labute approximate surface area is 118 Å². The highest BCUT2D eigenvalue weighted by Crippen LogP contribution is 2.33. The molecule has 0 amide bonds. The number of aromatic nitrogens is 2. The lowest BCUT2D eigenvalue weighted by molar-refractivity contribution is 0.171. The summed E-state index contributed by atoms with van der Waals surface area (Å²) in [4.78, 5) is 0. The molecule has 2 heterocycles. The van der Waals surface area contributed by atoms with E-state index in [-0.39, 0.29) is 6.04 Å². The van der Waals surface area contributed by atoms with Gasteiger partial charge in [0.2, 0.25) is 0 Å². The molecule has 3 rings (SSSR count). The predicted molar refractivity (Wildman–Crippen MR) is 77.4 cm³/mol. The molecular formula is C15H19N3O2. The van der Waals surface area contributed by atoms with Crippen molar-refractivity contribution in [2.75, 3.05) is 18.5 Å². The standard InChI is InChI=1S/C15H19N3O2/c1-10(13-9-18(3)17-11(13)2)16-12-4-5-14-15(8-12)20-7-6-19-14/h4-5,8-10,16H,6-7H2,1-3H3. The maximum absolute atomic E-state index is 5.60. The fourth-order valence-electron chi connectivity index (χ4n) is 2.50. The first-order valence-corrected chi connectivity index (χ1v) is 6.80. The van der Waals surface area contributed by atoms with Gasteiger partial charge < -0.3 is 14.8 Å². The summed E-state index contributed by atoms with van der Waals surface area (Å²) in [5, 5.41) is 7.85. The average molecular weight is 273 g/mol. The molecule has 0 saturated heterocycles. The molecule has 1 N–H and O–H groups in total. The lowest BCUT2D eigenvalue weighted by Gasteiger charge is -2.20. The topological polar surface area (TPSA) is 48.3 Å². The van der Waals surface area contributed by atoms with Crippen molar-refractivity contribution >= 4 is 5.69 Å². The van der Waals surface area contributed by atoms with Crippen LogP contribution in [0.15, 0.2) is 24.4 Å². The van der Waals surface area contributed by atoms with Crippen LogP contribution in [-0.4, -0.2) is 23.0 Å². The van der Waals surface area contributed by atoms with Gasteiger partial charge in [0.25, 0.3) is 0 Å². The molecule has 20 heavy (non-hydrogen) atoms. The van der Waals surface area contributed by atoms with Crippen molar-refractivity contribution < 1.29 is 9.47 Å². The summed E-state index contributed by atoms with van der Waals surface area (Å²) in [6, 6.07) is 6.12. The van der Waals surface area contributed by atoms with Gasteiger partial charge >= 0.3 is 0 Å². The summed E-state index contributed by atoms with van der Waals surface area (Å²) >= 11 is 0. The SMILES string of the molecule is Cc1nn(C)cc1C(C)Nc1ccc2c(c1)OCCO2. The smallest absolute Gasteiger partial charge is 0.163 e. The van der Waals surface area contributed by atoms with Crippen LogP contribution >= 0.6 is 0 Å². The molecule has 0 spiro atoms. The van der Waals surface area contributed by atoms with Crippen molar-refractivity contribution in [2.24, 2.45) is 7.05 Å². The summed E-state index contributed by atoms with van der Waals surface area (Å²) < 4.78 is 13.0. The van der Waals surface area contributed by atoms with Crippen molar-refractivity contribution in [3.05, 3.63) is 35.7 Å². The minimum absolute atomic E-state index is 0.186. The maximum atomic E-state index is 5.60. The van der Waals surface area contributed by atoms with E-state index in [0.717, 1.165) is 22.9 Å². The van der Waals surface area contributed by atoms with Crippen LogP contribution in [0.1, 0.15) is 24.2 Å². The first-order valence-electron chi connectivity index (χ1n) is 6.80. The summed E-state index contributed by atoms with van der Waals surface area (Å²) in [6.07, 6.45) is 2.05. The second-order valence-corrected chi connectivity index (χ2v) is 5.07.